The molecule has 1 aliphatic heterocycles. The third-order valence-corrected chi connectivity index (χ3v) is 11.2. The molecule has 3 rings (SSSR count). The van der Waals surface area contributed by atoms with E-state index in [0.717, 1.165) is 11.1 Å². The smallest absolute Gasteiger partial charge is 0.330 e. The molecule has 5 atom stereocenters. The number of rotatable bonds is 9. The number of carbonyl (C=O) groups is 2. The number of halogens is 5. The monoisotopic (exact) mass is 644 g/mol. The zero-order valence-corrected chi connectivity index (χ0v) is 26.7. The number of carbonyl (C=O) groups excluding carboxylic acids is 2. The normalized spacial score (nSPS) is 23.5. The molecule has 0 bridgehead atoms. The molecule has 0 radical (unpaired) electrons. The molecule has 1 saturated heterocycles. The Morgan fingerprint density at radius 3 is 2.24 bits per heavy atom. The first-order chi connectivity index (χ1) is 19.4. The number of likely N-dealkylation sites (tertiary alicyclic amines) is 1. The van der Waals surface area contributed by atoms with Gasteiger partial charge in [0.2, 0.25) is 5.91 Å². The van der Waals surface area contributed by atoms with Gasteiger partial charge in [0.15, 0.2) is 0 Å². The maximum absolute atomic E-state index is 14.6. The number of benzene rings is 2. The summed E-state index contributed by atoms with van der Waals surface area (Å²) in [4.78, 5) is 28.2. The Labute approximate surface area is 256 Å². The van der Waals surface area contributed by atoms with Gasteiger partial charge >= 0.3 is 12.1 Å². The van der Waals surface area contributed by atoms with Crippen LogP contribution in [0.2, 0.25) is 10.0 Å². The molecule has 2 unspecified atom stereocenters. The molecule has 230 valence electrons. The minimum absolute atomic E-state index is 0.244. The van der Waals surface area contributed by atoms with Crippen molar-refractivity contribution in [2.75, 3.05) is 5.75 Å². The van der Waals surface area contributed by atoms with Gasteiger partial charge in [-0.25, -0.2) is 4.21 Å². The maximum Gasteiger partial charge on any atom is 0.474 e. The van der Waals surface area contributed by atoms with Crippen LogP contribution in [0.4, 0.5) is 13.2 Å². The standard InChI is InChI=1S/C31H37Cl2F3N2O3S/c1-7-15-30(6)17-25(22-9-8-10-24(33)16-22)27(21-11-13-23(32)14-12-21)38(29(30)40)26(19(2)3)18-42(41,20(4)5)37-28(39)31(34,35)36/h7-14,16,19-20,25-27H,1,15,17-18H2,2-6H3/t25-,26?,27-,30+,42?/m1/s1. The fourth-order valence-corrected chi connectivity index (χ4v) is 8.03. The molecule has 0 N–H and O–H groups in total. The van der Waals surface area contributed by atoms with Crippen LogP contribution in [-0.4, -0.2) is 44.1 Å². The highest BCUT2D eigenvalue weighted by atomic mass is 35.5. The van der Waals surface area contributed by atoms with E-state index in [0.29, 0.717) is 22.9 Å². The van der Waals surface area contributed by atoms with Crippen molar-refractivity contribution in [3.05, 3.63) is 82.4 Å². The third-order valence-electron chi connectivity index (χ3n) is 7.94. The molecular formula is C31H37Cl2F3N2O3S. The van der Waals surface area contributed by atoms with Crippen LogP contribution in [-0.2, 0) is 19.3 Å². The molecule has 11 heteroatoms. The SMILES string of the molecule is C=CC[C@@]1(C)C[C@H](c2cccc(Cl)c2)[C@@H](c2ccc(Cl)cc2)N(C(CS(=O)(=NC(=O)C(F)(F)F)C(C)C)C(C)C)C1=O. The predicted octanol–water partition coefficient (Wildman–Crippen LogP) is 8.62. The molecule has 0 spiro atoms. The molecule has 1 aliphatic rings. The minimum Gasteiger partial charge on any atom is -0.330 e. The molecule has 0 saturated carbocycles. The summed E-state index contributed by atoms with van der Waals surface area (Å²) in [7, 11) is -3.76. The number of hydrogen-bond donors (Lipinski definition) is 0. The van der Waals surface area contributed by atoms with Crippen molar-refractivity contribution in [3.8, 4) is 0 Å². The first-order valence-electron chi connectivity index (χ1n) is 13.7. The molecule has 42 heavy (non-hydrogen) atoms. The van der Waals surface area contributed by atoms with E-state index < -0.39 is 50.3 Å². The van der Waals surface area contributed by atoms with E-state index in [1.165, 1.54) is 13.8 Å². The third kappa shape index (κ3) is 7.40. The second-order valence-corrected chi connectivity index (χ2v) is 15.4. The lowest BCUT2D eigenvalue weighted by molar-refractivity contribution is -0.169. The van der Waals surface area contributed by atoms with Crippen molar-refractivity contribution in [1.29, 1.82) is 0 Å². The van der Waals surface area contributed by atoms with Crippen molar-refractivity contribution >= 4 is 44.7 Å². The van der Waals surface area contributed by atoms with E-state index in [1.807, 2.05) is 51.1 Å². The van der Waals surface area contributed by atoms with Crippen molar-refractivity contribution in [2.45, 2.75) is 76.9 Å². The molecule has 1 fully saturated rings. The first kappa shape index (κ1) is 34.1. The molecule has 0 aromatic heterocycles. The van der Waals surface area contributed by atoms with Gasteiger partial charge in [0.1, 0.15) is 0 Å². The van der Waals surface area contributed by atoms with Gasteiger partial charge in [-0.1, -0.05) is 88.2 Å². The quantitative estimate of drug-likeness (QED) is 0.257. The van der Waals surface area contributed by atoms with Crippen LogP contribution in [0.15, 0.2) is 65.5 Å². The number of hydrogen-bond acceptors (Lipinski definition) is 3. The second-order valence-electron chi connectivity index (χ2n) is 11.7. The van der Waals surface area contributed by atoms with Crippen LogP contribution in [0.5, 0.6) is 0 Å². The fourth-order valence-electron chi connectivity index (χ4n) is 5.62. The molecule has 2 amide bonds. The minimum atomic E-state index is -5.27. The summed E-state index contributed by atoms with van der Waals surface area (Å²) in [6.45, 7) is 12.3. The first-order valence-corrected chi connectivity index (χ1v) is 16.2. The van der Waals surface area contributed by atoms with Crippen molar-refractivity contribution in [2.24, 2.45) is 15.7 Å². The Morgan fingerprint density at radius 2 is 1.74 bits per heavy atom. The van der Waals surface area contributed by atoms with Gasteiger partial charge in [0, 0.05) is 27.3 Å². The van der Waals surface area contributed by atoms with Crippen molar-refractivity contribution in [3.63, 3.8) is 0 Å². The molecule has 1 heterocycles. The number of nitrogens with zero attached hydrogens (tertiary/aromatic N) is 2. The number of alkyl halides is 3. The molecule has 5 nitrogen and oxygen atoms in total. The van der Waals surface area contributed by atoms with Crippen LogP contribution in [0.1, 0.15) is 70.5 Å². The van der Waals surface area contributed by atoms with Gasteiger partial charge in [-0.05, 0) is 54.2 Å². The average molecular weight is 646 g/mol. The Morgan fingerprint density at radius 1 is 1.12 bits per heavy atom. The lowest BCUT2D eigenvalue weighted by atomic mass is 9.67. The summed E-state index contributed by atoms with van der Waals surface area (Å²) in [6, 6.07) is 13.0. The van der Waals surface area contributed by atoms with E-state index in [-0.39, 0.29) is 17.7 Å². The van der Waals surface area contributed by atoms with Crippen LogP contribution >= 0.6 is 23.2 Å². The summed E-state index contributed by atoms with van der Waals surface area (Å²) in [5.74, 6) is -3.70. The number of allylic oxidation sites excluding steroid dienone is 1. The molecule has 0 aliphatic carbocycles. The fraction of sp³-hybridized carbons (Fsp3) is 0.484. The summed E-state index contributed by atoms with van der Waals surface area (Å²) in [6.07, 6.45) is -2.82. The number of amides is 2. The Hall–Kier alpha value is -2.36. The van der Waals surface area contributed by atoms with Crippen molar-refractivity contribution in [1.82, 2.24) is 4.90 Å². The van der Waals surface area contributed by atoms with E-state index in [9.17, 15) is 27.0 Å². The zero-order valence-electron chi connectivity index (χ0n) is 24.3. The van der Waals surface area contributed by atoms with E-state index in [4.69, 9.17) is 23.2 Å². The van der Waals surface area contributed by atoms with E-state index >= 15 is 0 Å². The predicted molar refractivity (Wildman–Crippen MR) is 163 cm³/mol. The summed E-state index contributed by atoms with van der Waals surface area (Å²) >= 11 is 12.6. The van der Waals surface area contributed by atoms with Crippen LogP contribution in [0.3, 0.4) is 0 Å². The van der Waals surface area contributed by atoms with Gasteiger partial charge in [-0.3, -0.25) is 9.59 Å². The van der Waals surface area contributed by atoms with Gasteiger partial charge in [-0.15, -0.1) is 6.58 Å². The second kappa shape index (κ2) is 13.1. The van der Waals surface area contributed by atoms with E-state index in [2.05, 4.69) is 10.9 Å². The largest absolute Gasteiger partial charge is 0.474 e. The van der Waals surface area contributed by atoms with Crippen LogP contribution < -0.4 is 0 Å². The van der Waals surface area contributed by atoms with Gasteiger partial charge in [-0.2, -0.15) is 17.5 Å². The highest BCUT2D eigenvalue weighted by Gasteiger charge is 2.52. The molecular weight excluding hydrogens is 608 g/mol. The average Bonchev–Trinajstić information content (AvgIpc) is 2.89. The maximum atomic E-state index is 14.6. The number of piperidine rings is 1. The van der Waals surface area contributed by atoms with Crippen molar-refractivity contribution < 1.29 is 27.0 Å². The van der Waals surface area contributed by atoms with Gasteiger partial charge < -0.3 is 4.90 Å². The summed E-state index contributed by atoms with van der Waals surface area (Å²) < 4.78 is 57.2. The lowest BCUT2D eigenvalue weighted by Crippen LogP contribution is -2.58. The molecule has 2 aromatic rings. The van der Waals surface area contributed by atoms with Crippen LogP contribution in [0, 0.1) is 11.3 Å². The summed E-state index contributed by atoms with van der Waals surface area (Å²) in [5, 5.41) is 0.127. The van der Waals surface area contributed by atoms with Crippen LogP contribution in [0.25, 0.3) is 0 Å². The van der Waals surface area contributed by atoms with E-state index in [1.54, 1.807) is 29.2 Å². The van der Waals surface area contributed by atoms with Gasteiger partial charge in [0.05, 0.1) is 26.9 Å². The van der Waals surface area contributed by atoms with Gasteiger partial charge in [0.25, 0.3) is 0 Å². The zero-order chi connectivity index (χ0) is 31.6. The summed E-state index contributed by atoms with van der Waals surface area (Å²) in [5.41, 5.74) is 0.699. The Kier molecular flexibility index (Phi) is 10.6. The highest BCUT2D eigenvalue weighted by molar-refractivity contribution is 7.94. The lowest BCUT2D eigenvalue weighted by Gasteiger charge is -2.53. The molecule has 2 aromatic carbocycles. The highest BCUT2D eigenvalue weighted by Crippen LogP contribution is 2.52. The topological polar surface area (TPSA) is 66.8 Å². The Balaban J connectivity index is 2.33. The Bertz CT molecular complexity index is 1440.